The minimum absolute atomic E-state index is 0.0243. The van der Waals surface area contributed by atoms with E-state index in [2.05, 4.69) is 37.5 Å². The summed E-state index contributed by atoms with van der Waals surface area (Å²) >= 11 is 0. The second kappa shape index (κ2) is 6.17. The highest BCUT2D eigenvalue weighted by Gasteiger charge is 2.20. The van der Waals surface area contributed by atoms with Crippen molar-refractivity contribution >= 4 is 22.4 Å². The number of carbonyl (C=O) groups is 1. The number of hydrogen-bond acceptors (Lipinski definition) is 2. The van der Waals surface area contributed by atoms with Crippen LogP contribution >= 0.6 is 0 Å². The second-order valence-electron chi connectivity index (χ2n) is 5.93. The maximum Gasteiger partial charge on any atom is 0.254 e. The van der Waals surface area contributed by atoms with Crippen molar-refractivity contribution in [1.82, 2.24) is 5.32 Å². The van der Waals surface area contributed by atoms with Gasteiger partial charge in [-0.2, -0.15) is 0 Å². The van der Waals surface area contributed by atoms with Crippen molar-refractivity contribution in [2.45, 2.75) is 39.7 Å². The molecule has 0 aromatic heterocycles. The van der Waals surface area contributed by atoms with Gasteiger partial charge in [0.1, 0.15) is 0 Å². The molecule has 0 aliphatic rings. The Morgan fingerprint density at radius 1 is 1.10 bits per heavy atom. The van der Waals surface area contributed by atoms with Crippen LogP contribution in [0.1, 0.15) is 44.5 Å². The molecule has 0 aliphatic carbocycles. The maximum absolute atomic E-state index is 12.5. The maximum atomic E-state index is 12.5. The van der Waals surface area contributed by atoms with E-state index in [9.17, 15) is 4.79 Å². The van der Waals surface area contributed by atoms with Crippen LogP contribution in [-0.2, 0) is 0 Å². The molecule has 0 spiro atoms. The molecule has 112 valence electrons. The standard InChI is InChI=1S/C18H24N2O/c1-5-18(3,4)20-15-12-11-13-9-7-8-10-14(13)16(15)17(21)19-6-2/h7-12,20H,5-6H2,1-4H3,(H,19,21). The number of anilines is 1. The summed E-state index contributed by atoms with van der Waals surface area (Å²) in [5, 5.41) is 8.49. The third kappa shape index (κ3) is 3.35. The molecule has 0 aliphatic heterocycles. The Kier molecular flexibility index (Phi) is 4.51. The Balaban J connectivity index is 2.59. The number of benzene rings is 2. The van der Waals surface area contributed by atoms with Crippen molar-refractivity contribution in [1.29, 1.82) is 0 Å². The van der Waals surface area contributed by atoms with Crippen molar-refractivity contribution in [2.24, 2.45) is 0 Å². The minimum atomic E-state index is -0.0519. The molecule has 0 bridgehead atoms. The molecule has 2 N–H and O–H groups in total. The molecule has 0 radical (unpaired) electrons. The van der Waals surface area contributed by atoms with Gasteiger partial charge >= 0.3 is 0 Å². The molecular weight excluding hydrogens is 260 g/mol. The summed E-state index contributed by atoms with van der Waals surface area (Å²) < 4.78 is 0. The topological polar surface area (TPSA) is 41.1 Å². The molecule has 2 aromatic carbocycles. The zero-order chi connectivity index (χ0) is 15.5. The summed E-state index contributed by atoms with van der Waals surface area (Å²) in [7, 11) is 0. The zero-order valence-electron chi connectivity index (χ0n) is 13.3. The van der Waals surface area contributed by atoms with Gasteiger partial charge in [-0.1, -0.05) is 37.3 Å². The molecule has 3 nitrogen and oxygen atoms in total. The first-order valence-corrected chi connectivity index (χ1v) is 7.56. The molecule has 2 aromatic rings. The van der Waals surface area contributed by atoms with Crippen LogP contribution in [0.2, 0.25) is 0 Å². The average molecular weight is 284 g/mol. The monoisotopic (exact) mass is 284 g/mol. The number of rotatable bonds is 5. The summed E-state index contributed by atoms with van der Waals surface area (Å²) in [6.07, 6.45) is 0.981. The normalized spacial score (nSPS) is 11.4. The van der Waals surface area contributed by atoms with E-state index >= 15 is 0 Å². The van der Waals surface area contributed by atoms with Gasteiger partial charge in [-0.3, -0.25) is 4.79 Å². The van der Waals surface area contributed by atoms with E-state index < -0.39 is 0 Å². The Morgan fingerprint density at radius 2 is 1.81 bits per heavy atom. The van der Waals surface area contributed by atoms with Crippen molar-refractivity contribution in [3.63, 3.8) is 0 Å². The third-order valence-corrected chi connectivity index (χ3v) is 3.85. The van der Waals surface area contributed by atoms with Crippen LogP contribution in [0.4, 0.5) is 5.69 Å². The summed E-state index contributed by atoms with van der Waals surface area (Å²) in [6, 6.07) is 12.1. The van der Waals surface area contributed by atoms with E-state index in [0.717, 1.165) is 28.4 Å². The minimum Gasteiger partial charge on any atom is -0.380 e. The van der Waals surface area contributed by atoms with Gasteiger partial charge in [-0.25, -0.2) is 0 Å². The fourth-order valence-electron chi connectivity index (χ4n) is 2.32. The van der Waals surface area contributed by atoms with Crippen molar-refractivity contribution < 1.29 is 4.79 Å². The Labute approximate surface area is 126 Å². The van der Waals surface area contributed by atoms with Crippen molar-refractivity contribution in [3.8, 4) is 0 Å². The number of hydrogen-bond donors (Lipinski definition) is 2. The SMILES string of the molecule is CCNC(=O)c1c(NC(C)(C)CC)ccc2ccccc12. The lowest BCUT2D eigenvalue weighted by molar-refractivity contribution is 0.0958. The summed E-state index contributed by atoms with van der Waals surface area (Å²) in [4.78, 5) is 12.5. The molecule has 0 saturated heterocycles. The largest absolute Gasteiger partial charge is 0.380 e. The van der Waals surface area contributed by atoms with Gasteiger partial charge in [0, 0.05) is 17.8 Å². The average Bonchev–Trinajstić information content (AvgIpc) is 2.47. The molecular formula is C18H24N2O. The second-order valence-corrected chi connectivity index (χ2v) is 5.93. The van der Waals surface area contributed by atoms with Crippen LogP contribution in [0.25, 0.3) is 10.8 Å². The van der Waals surface area contributed by atoms with Crippen LogP contribution < -0.4 is 10.6 Å². The van der Waals surface area contributed by atoms with Crippen molar-refractivity contribution in [2.75, 3.05) is 11.9 Å². The van der Waals surface area contributed by atoms with Gasteiger partial charge < -0.3 is 10.6 Å². The van der Waals surface area contributed by atoms with E-state index in [4.69, 9.17) is 0 Å². The van der Waals surface area contributed by atoms with Gasteiger partial charge in [0.25, 0.3) is 5.91 Å². The fraction of sp³-hybridized carbons (Fsp3) is 0.389. The van der Waals surface area contributed by atoms with E-state index in [0.29, 0.717) is 6.54 Å². The van der Waals surface area contributed by atoms with Crippen LogP contribution in [0.3, 0.4) is 0 Å². The van der Waals surface area contributed by atoms with E-state index in [1.54, 1.807) is 0 Å². The third-order valence-electron chi connectivity index (χ3n) is 3.85. The molecule has 0 atom stereocenters. The lowest BCUT2D eigenvalue weighted by atomic mass is 9.97. The Bertz CT molecular complexity index is 647. The lowest BCUT2D eigenvalue weighted by Crippen LogP contribution is -2.32. The Hall–Kier alpha value is -2.03. The smallest absolute Gasteiger partial charge is 0.254 e. The zero-order valence-corrected chi connectivity index (χ0v) is 13.3. The summed E-state index contributed by atoms with van der Waals surface area (Å²) in [5.41, 5.74) is 1.58. The first-order valence-electron chi connectivity index (χ1n) is 7.56. The molecule has 0 heterocycles. The molecule has 1 amide bonds. The van der Waals surface area contributed by atoms with Crippen LogP contribution in [0.5, 0.6) is 0 Å². The van der Waals surface area contributed by atoms with Gasteiger partial charge in [-0.15, -0.1) is 0 Å². The van der Waals surface area contributed by atoms with Gasteiger partial charge in [-0.05, 0) is 44.0 Å². The van der Waals surface area contributed by atoms with E-state index in [-0.39, 0.29) is 11.4 Å². The molecule has 0 unspecified atom stereocenters. The summed E-state index contributed by atoms with van der Waals surface area (Å²) in [6.45, 7) is 8.98. The Morgan fingerprint density at radius 3 is 2.48 bits per heavy atom. The summed E-state index contributed by atoms with van der Waals surface area (Å²) in [5.74, 6) is -0.0243. The molecule has 3 heteroatoms. The van der Waals surface area contributed by atoms with Crippen molar-refractivity contribution in [3.05, 3.63) is 42.0 Å². The predicted octanol–water partition coefficient (Wildman–Crippen LogP) is 4.19. The quantitative estimate of drug-likeness (QED) is 0.864. The predicted molar refractivity (Wildman–Crippen MR) is 89.9 cm³/mol. The molecule has 21 heavy (non-hydrogen) atoms. The van der Waals surface area contributed by atoms with Gasteiger partial charge in [0.15, 0.2) is 0 Å². The number of amides is 1. The van der Waals surface area contributed by atoms with Gasteiger partial charge in [0.05, 0.1) is 5.56 Å². The molecule has 2 rings (SSSR count). The number of carbonyl (C=O) groups excluding carboxylic acids is 1. The molecule has 0 saturated carbocycles. The highest BCUT2D eigenvalue weighted by atomic mass is 16.1. The van der Waals surface area contributed by atoms with Crippen LogP contribution in [-0.4, -0.2) is 18.0 Å². The highest BCUT2D eigenvalue weighted by Crippen LogP contribution is 2.29. The number of fused-ring (bicyclic) bond motifs is 1. The molecule has 0 fully saturated rings. The van der Waals surface area contributed by atoms with Gasteiger partial charge in [0.2, 0.25) is 0 Å². The van der Waals surface area contributed by atoms with E-state index in [1.807, 2.05) is 37.3 Å². The van der Waals surface area contributed by atoms with E-state index in [1.165, 1.54) is 0 Å². The van der Waals surface area contributed by atoms with Crippen LogP contribution in [0, 0.1) is 0 Å². The number of nitrogens with one attached hydrogen (secondary N) is 2. The fourth-order valence-corrected chi connectivity index (χ4v) is 2.32. The first kappa shape index (κ1) is 15.4. The van der Waals surface area contributed by atoms with Crippen LogP contribution in [0.15, 0.2) is 36.4 Å². The lowest BCUT2D eigenvalue weighted by Gasteiger charge is -2.27. The first-order chi connectivity index (χ1) is 9.98. The highest BCUT2D eigenvalue weighted by molar-refractivity contribution is 6.11.